The molecule has 3 atom stereocenters. The zero-order valence-corrected chi connectivity index (χ0v) is 23.3. The smallest absolute Gasteiger partial charge is 0.270 e. The molecule has 0 aromatic heterocycles. The number of nitrogens with one attached hydrogen (secondary N) is 1. The Balaban J connectivity index is 1.74. The van der Waals surface area contributed by atoms with Crippen LogP contribution in [0, 0.1) is 0 Å². The van der Waals surface area contributed by atoms with Gasteiger partial charge in [-0.05, 0) is 76.2 Å². The van der Waals surface area contributed by atoms with Crippen molar-refractivity contribution in [3.8, 4) is 0 Å². The van der Waals surface area contributed by atoms with E-state index in [2.05, 4.69) is 82.3 Å². The molecule has 0 radical (unpaired) electrons. The molecule has 4 rings (SSSR count). The summed E-state index contributed by atoms with van der Waals surface area (Å²) in [5.74, 6) is 2.37. The lowest BCUT2D eigenvalue weighted by Gasteiger charge is -2.40. The highest BCUT2D eigenvalue weighted by molar-refractivity contribution is 9.10. The molecule has 0 spiro atoms. The molecule has 1 N–H and O–H groups in total. The van der Waals surface area contributed by atoms with E-state index in [0.29, 0.717) is 16.7 Å². The van der Waals surface area contributed by atoms with Crippen molar-refractivity contribution >= 4 is 47.0 Å². The van der Waals surface area contributed by atoms with Gasteiger partial charge in [-0.1, -0.05) is 40.9 Å². The number of nitrogens with zero attached hydrogens (tertiary/aromatic N) is 2. The van der Waals surface area contributed by atoms with Crippen LogP contribution in [0.25, 0.3) is 0 Å². The number of benzene rings is 1. The topological polar surface area (TPSA) is 35.6 Å². The summed E-state index contributed by atoms with van der Waals surface area (Å²) in [6.07, 6.45) is 6.08. The van der Waals surface area contributed by atoms with Crippen molar-refractivity contribution in [1.29, 1.82) is 0 Å². The third-order valence-electron chi connectivity index (χ3n) is 6.72. The fourth-order valence-corrected chi connectivity index (χ4v) is 12.9. The summed E-state index contributed by atoms with van der Waals surface area (Å²) in [5.41, 5.74) is 1.24. The van der Waals surface area contributed by atoms with E-state index in [0.717, 1.165) is 17.3 Å². The van der Waals surface area contributed by atoms with Crippen LogP contribution in [0.4, 0.5) is 0 Å². The van der Waals surface area contributed by atoms with E-state index in [1.54, 1.807) is 0 Å². The number of hydrogen-bond acceptors (Lipinski definition) is 3. The van der Waals surface area contributed by atoms with Gasteiger partial charge < -0.3 is 0 Å². The first kappa shape index (κ1) is 24.6. The Morgan fingerprint density at radius 2 is 1.45 bits per heavy atom. The van der Waals surface area contributed by atoms with Crippen LogP contribution in [0.15, 0.2) is 28.7 Å². The molecule has 1 aromatic rings. The van der Waals surface area contributed by atoms with Crippen molar-refractivity contribution in [2.24, 2.45) is 0 Å². The zero-order valence-electron chi connectivity index (χ0n) is 19.2. The molecule has 2 saturated heterocycles. The van der Waals surface area contributed by atoms with Crippen molar-refractivity contribution < 1.29 is 4.57 Å². The first-order chi connectivity index (χ1) is 14.8. The molecule has 4 nitrogen and oxygen atoms in total. The Labute approximate surface area is 205 Å². The minimum atomic E-state index is -2.93. The average molecular weight is 547 g/mol. The third-order valence-corrected chi connectivity index (χ3v) is 13.7. The van der Waals surface area contributed by atoms with Crippen LogP contribution in [0.1, 0.15) is 71.4 Å². The maximum Gasteiger partial charge on any atom is 0.285 e. The van der Waals surface area contributed by atoms with E-state index in [1.165, 1.54) is 36.3 Å². The first-order valence-corrected chi connectivity index (χ1v) is 16.3. The predicted octanol–water partition coefficient (Wildman–Crippen LogP) is 7.13. The molecular weight excluding hydrogens is 509 g/mol. The first-order valence-electron chi connectivity index (χ1n) is 11.8. The Kier molecular flexibility index (Phi) is 8.27. The molecule has 2 aliphatic heterocycles. The van der Waals surface area contributed by atoms with Crippen LogP contribution in [0.2, 0.25) is 0 Å². The minimum absolute atomic E-state index is 0.0666. The molecule has 2 heterocycles. The average Bonchev–Trinajstić information content (AvgIpc) is 3.01. The Morgan fingerprint density at radius 3 is 1.94 bits per heavy atom. The molecule has 1 saturated carbocycles. The molecule has 1 aliphatic carbocycles. The van der Waals surface area contributed by atoms with E-state index < -0.39 is 7.59 Å². The van der Waals surface area contributed by atoms with Crippen LogP contribution >= 0.6 is 47.0 Å². The Hall–Kier alpha value is 0.510. The lowest BCUT2D eigenvalue weighted by Crippen LogP contribution is -2.43. The van der Waals surface area contributed by atoms with Gasteiger partial charge in [-0.2, -0.15) is 0 Å². The molecule has 8 heteroatoms. The van der Waals surface area contributed by atoms with Crippen LogP contribution < -0.4 is 5.09 Å². The van der Waals surface area contributed by atoms with Gasteiger partial charge in [0.25, 0.3) is 7.59 Å². The van der Waals surface area contributed by atoms with Crippen molar-refractivity contribution in [2.45, 2.75) is 94.6 Å². The molecule has 3 fully saturated rings. The van der Waals surface area contributed by atoms with Crippen molar-refractivity contribution in [3.63, 3.8) is 0 Å². The monoisotopic (exact) mass is 545 g/mol. The maximum atomic E-state index is 15.1. The third kappa shape index (κ3) is 4.99. The highest BCUT2D eigenvalue weighted by Gasteiger charge is 2.57. The second kappa shape index (κ2) is 10.4. The van der Waals surface area contributed by atoms with Crippen LogP contribution in [0.3, 0.4) is 0 Å². The summed E-state index contributed by atoms with van der Waals surface area (Å²) < 4.78 is 21.4. The van der Waals surface area contributed by atoms with Gasteiger partial charge in [-0.3, -0.25) is 4.57 Å². The molecule has 3 aliphatic rings. The summed E-state index contributed by atoms with van der Waals surface area (Å²) in [6.45, 7) is 8.90. The van der Waals surface area contributed by atoms with Gasteiger partial charge in [0.1, 0.15) is 0 Å². The van der Waals surface area contributed by atoms with Crippen LogP contribution in [-0.2, 0) is 4.57 Å². The summed E-state index contributed by atoms with van der Waals surface area (Å²) in [4.78, 5) is 0. The van der Waals surface area contributed by atoms with Crippen LogP contribution in [0.5, 0.6) is 0 Å². The highest BCUT2D eigenvalue weighted by Crippen LogP contribution is 2.64. The normalized spacial score (nSPS) is 28.9. The van der Waals surface area contributed by atoms with Gasteiger partial charge in [0.05, 0.1) is 10.6 Å². The maximum absolute atomic E-state index is 15.1. The van der Waals surface area contributed by atoms with E-state index in [-0.39, 0.29) is 18.1 Å². The van der Waals surface area contributed by atoms with E-state index in [4.69, 9.17) is 0 Å². The number of thioether (sulfide) groups is 2. The van der Waals surface area contributed by atoms with Crippen molar-refractivity contribution in [3.05, 3.63) is 34.3 Å². The Bertz CT molecular complexity index is 760. The molecule has 1 aromatic carbocycles. The number of rotatable bonds is 6. The number of hydrogen-bond donors (Lipinski definition) is 1. The van der Waals surface area contributed by atoms with E-state index >= 15 is 4.57 Å². The predicted molar refractivity (Wildman–Crippen MR) is 141 cm³/mol. The SMILES string of the molecule is CC(C)N1[C@@H]2CCCC[C@H]2N(C(C)C)P1(=O)N[C@H](c1ccc(Br)cc1)C1SCCCS1. The summed E-state index contributed by atoms with van der Waals surface area (Å²) in [6, 6.07) is 10.0. The van der Waals surface area contributed by atoms with Crippen molar-refractivity contribution in [1.82, 2.24) is 14.4 Å². The lowest BCUT2D eigenvalue weighted by molar-refractivity contribution is 0.173. The molecule has 31 heavy (non-hydrogen) atoms. The highest BCUT2D eigenvalue weighted by atomic mass is 79.9. The van der Waals surface area contributed by atoms with Gasteiger partial charge in [0, 0.05) is 28.6 Å². The van der Waals surface area contributed by atoms with Gasteiger partial charge in [-0.15, -0.1) is 23.5 Å². The largest absolute Gasteiger partial charge is 0.285 e. The molecule has 0 unspecified atom stereocenters. The lowest BCUT2D eigenvalue weighted by atomic mass is 9.89. The molecular formula is C23H37BrN3OPS2. The summed E-state index contributed by atoms with van der Waals surface area (Å²) in [5, 5.41) is 3.87. The number of halogens is 1. The van der Waals surface area contributed by atoms with Gasteiger partial charge in [0.15, 0.2) is 0 Å². The van der Waals surface area contributed by atoms with Crippen molar-refractivity contribution in [2.75, 3.05) is 11.5 Å². The molecule has 0 amide bonds. The Morgan fingerprint density at radius 1 is 0.935 bits per heavy atom. The summed E-state index contributed by atoms with van der Waals surface area (Å²) >= 11 is 7.64. The van der Waals surface area contributed by atoms with E-state index in [9.17, 15) is 0 Å². The quantitative estimate of drug-likeness (QED) is 0.383. The van der Waals surface area contributed by atoms with Gasteiger partial charge in [0.2, 0.25) is 0 Å². The minimum Gasteiger partial charge on any atom is -0.270 e. The van der Waals surface area contributed by atoms with E-state index in [1.807, 2.05) is 23.5 Å². The molecule has 0 bridgehead atoms. The zero-order chi connectivity index (χ0) is 22.2. The van der Waals surface area contributed by atoms with Gasteiger partial charge >= 0.3 is 0 Å². The standard InChI is InChI=1S/C23H37BrN3OPS2/c1-16(2)26-20-8-5-6-9-21(20)27(17(3)4)29(26,28)25-22(23-30-14-7-15-31-23)18-10-12-19(24)13-11-18/h10-13,16-17,20-23H,5-9,14-15H2,1-4H3,(H,25,28)/t20-,21-,22-/m1/s1. The molecule has 174 valence electrons. The van der Waals surface area contributed by atoms with Crippen LogP contribution in [-0.4, -0.2) is 49.6 Å². The fourth-order valence-electron chi connectivity index (χ4n) is 5.60. The fraction of sp³-hybridized carbons (Fsp3) is 0.739. The number of fused-ring (bicyclic) bond motifs is 1. The second-order valence-electron chi connectivity index (χ2n) is 9.53. The second-order valence-corrected chi connectivity index (χ2v) is 15.5. The van der Waals surface area contributed by atoms with Gasteiger partial charge in [-0.25, -0.2) is 14.4 Å². The summed E-state index contributed by atoms with van der Waals surface area (Å²) in [7, 11) is -2.93.